The van der Waals surface area contributed by atoms with Crippen LogP contribution in [-0.4, -0.2) is 40.9 Å². The van der Waals surface area contributed by atoms with E-state index in [-0.39, 0.29) is 5.75 Å². The highest BCUT2D eigenvalue weighted by Crippen LogP contribution is 2.14. The standard InChI is InChI=1S/C12H17NO4/c1-3-13(17-2)11(12(15)16)8-9-4-6-10(14)7-5-9/h4-7,11,14H,3,8H2,1-2H3,(H,15,16). The lowest BCUT2D eigenvalue weighted by molar-refractivity contribution is -0.182. The molecule has 5 heteroatoms. The molecule has 0 amide bonds. The molecule has 1 rings (SSSR count). The van der Waals surface area contributed by atoms with Crippen molar-refractivity contribution < 1.29 is 19.8 Å². The Balaban J connectivity index is 2.79. The van der Waals surface area contributed by atoms with Crippen molar-refractivity contribution in [1.29, 1.82) is 0 Å². The molecule has 0 aromatic heterocycles. The fourth-order valence-corrected chi connectivity index (χ4v) is 1.64. The molecule has 0 aliphatic rings. The highest BCUT2D eigenvalue weighted by Gasteiger charge is 2.24. The van der Waals surface area contributed by atoms with E-state index < -0.39 is 12.0 Å². The SMILES string of the molecule is CCN(OC)C(Cc1ccc(O)cc1)C(=O)O. The molecule has 0 fully saturated rings. The number of aromatic hydroxyl groups is 1. The number of rotatable bonds is 6. The van der Waals surface area contributed by atoms with Crippen LogP contribution >= 0.6 is 0 Å². The first-order valence-electron chi connectivity index (χ1n) is 5.40. The van der Waals surface area contributed by atoms with Crippen LogP contribution in [0.3, 0.4) is 0 Å². The number of benzene rings is 1. The number of hydrogen-bond donors (Lipinski definition) is 2. The van der Waals surface area contributed by atoms with E-state index in [4.69, 9.17) is 15.1 Å². The zero-order valence-electron chi connectivity index (χ0n) is 9.96. The van der Waals surface area contributed by atoms with Crippen molar-refractivity contribution in [2.45, 2.75) is 19.4 Å². The van der Waals surface area contributed by atoms with Gasteiger partial charge in [-0.2, -0.15) is 5.06 Å². The van der Waals surface area contributed by atoms with Gasteiger partial charge >= 0.3 is 5.97 Å². The van der Waals surface area contributed by atoms with Crippen molar-refractivity contribution in [1.82, 2.24) is 5.06 Å². The molecule has 5 nitrogen and oxygen atoms in total. The zero-order valence-corrected chi connectivity index (χ0v) is 9.96. The van der Waals surface area contributed by atoms with E-state index in [1.807, 2.05) is 6.92 Å². The Hall–Kier alpha value is -1.59. The lowest BCUT2D eigenvalue weighted by atomic mass is 10.1. The van der Waals surface area contributed by atoms with Crippen LogP contribution < -0.4 is 0 Å². The smallest absolute Gasteiger partial charge is 0.323 e. The number of carboxylic acid groups (broad SMARTS) is 1. The third-order valence-corrected chi connectivity index (χ3v) is 2.54. The van der Waals surface area contributed by atoms with Gasteiger partial charge in [-0.05, 0) is 17.7 Å². The summed E-state index contributed by atoms with van der Waals surface area (Å²) in [5, 5.41) is 19.7. The van der Waals surface area contributed by atoms with Gasteiger partial charge in [0.15, 0.2) is 0 Å². The van der Waals surface area contributed by atoms with E-state index in [0.717, 1.165) is 5.56 Å². The van der Waals surface area contributed by atoms with Crippen molar-refractivity contribution >= 4 is 5.97 Å². The average molecular weight is 239 g/mol. The third kappa shape index (κ3) is 3.72. The summed E-state index contributed by atoms with van der Waals surface area (Å²) >= 11 is 0. The Labute approximate surface area is 100 Å². The molecule has 0 aliphatic carbocycles. The third-order valence-electron chi connectivity index (χ3n) is 2.54. The topological polar surface area (TPSA) is 70.0 Å². The Morgan fingerprint density at radius 1 is 1.41 bits per heavy atom. The van der Waals surface area contributed by atoms with Crippen LogP contribution in [-0.2, 0) is 16.1 Å². The van der Waals surface area contributed by atoms with Crippen LogP contribution in [0, 0.1) is 0 Å². The summed E-state index contributed by atoms with van der Waals surface area (Å²) < 4.78 is 0. The summed E-state index contributed by atoms with van der Waals surface area (Å²) in [6.45, 7) is 2.32. The number of phenols is 1. The highest BCUT2D eigenvalue weighted by atomic mass is 16.7. The van der Waals surface area contributed by atoms with Gasteiger partial charge in [0.05, 0.1) is 7.11 Å². The zero-order chi connectivity index (χ0) is 12.8. The molecule has 94 valence electrons. The predicted molar refractivity (Wildman–Crippen MR) is 62.6 cm³/mol. The van der Waals surface area contributed by atoms with E-state index in [1.165, 1.54) is 24.3 Å². The molecular weight excluding hydrogens is 222 g/mol. The van der Waals surface area contributed by atoms with E-state index in [9.17, 15) is 4.79 Å². The predicted octanol–water partition coefficient (Wildman–Crippen LogP) is 1.27. The summed E-state index contributed by atoms with van der Waals surface area (Å²) in [4.78, 5) is 16.2. The van der Waals surface area contributed by atoms with Gasteiger partial charge in [0.25, 0.3) is 0 Å². The maximum atomic E-state index is 11.2. The Morgan fingerprint density at radius 2 is 2.00 bits per heavy atom. The van der Waals surface area contributed by atoms with Gasteiger partial charge in [0, 0.05) is 13.0 Å². The number of hydroxylamine groups is 2. The monoisotopic (exact) mass is 239 g/mol. The summed E-state index contributed by atoms with van der Waals surface area (Å²) in [5.41, 5.74) is 0.839. The molecule has 17 heavy (non-hydrogen) atoms. The number of nitrogens with zero attached hydrogens (tertiary/aromatic N) is 1. The minimum Gasteiger partial charge on any atom is -0.508 e. The van der Waals surface area contributed by atoms with Crippen LogP contribution in [0.25, 0.3) is 0 Å². The molecule has 0 heterocycles. The van der Waals surface area contributed by atoms with Gasteiger partial charge < -0.3 is 15.1 Å². The number of aliphatic carboxylic acids is 1. The molecule has 0 bridgehead atoms. The maximum absolute atomic E-state index is 11.2. The minimum atomic E-state index is -0.929. The number of hydrogen-bond acceptors (Lipinski definition) is 4. The molecule has 1 unspecified atom stereocenters. The number of carbonyl (C=O) groups is 1. The summed E-state index contributed by atoms with van der Waals surface area (Å²) in [5.74, 6) is -0.763. The van der Waals surface area contributed by atoms with E-state index in [0.29, 0.717) is 13.0 Å². The molecule has 0 spiro atoms. The molecule has 1 aromatic carbocycles. The Morgan fingerprint density at radius 3 is 2.41 bits per heavy atom. The Bertz CT molecular complexity index is 359. The molecule has 2 N–H and O–H groups in total. The van der Waals surface area contributed by atoms with Gasteiger partial charge in [-0.1, -0.05) is 19.1 Å². The fourth-order valence-electron chi connectivity index (χ4n) is 1.64. The average Bonchev–Trinajstić information content (AvgIpc) is 2.31. The lowest BCUT2D eigenvalue weighted by Crippen LogP contribution is -2.41. The Kier molecular flexibility index (Phi) is 4.93. The van der Waals surface area contributed by atoms with Crippen LogP contribution in [0.1, 0.15) is 12.5 Å². The molecule has 0 saturated heterocycles. The highest BCUT2D eigenvalue weighted by molar-refractivity contribution is 5.73. The fraction of sp³-hybridized carbons (Fsp3) is 0.417. The van der Waals surface area contributed by atoms with Crippen molar-refractivity contribution in [3.8, 4) is 5.75 Å². The van der Waals surface area contributed by atoms with Crippen LogP contribution in [0.4, 0.5) is 0 Å². The second-order valence-corrected chi connectivity index (χ2v) is 3.64. The summed E-state index contributed by atoms with van der Waals surface area (Å²) in [6.07, 6.45) is 0.331. The van der Waals surface area contributed by atoms with Crippen LogP contribution in [0.2, 0.25) is 0 Å². The van der Waals surface area contributed by atoms with E-state index >= 15 is 0 Å². The normalized spacial score (nSPS) is 12.6. The van der Waals surface area contributed by atoms with Gasteiger partial charge in [-0.25, -0.2) is 0 Å². The van der Waals surface area contributed by atoms with E-state index in [1.54, 1.807) is 12.1 Å². The van der Waals surface area contributed by atoms with Crippen molar-refractivity contribution in [3.63, 3.8) is 0 Å². The quantitative estimate of drug-likeness (QED) is 0.732. The first-order chi connectivity index (χ1) is 8.08. The van der Waals surface area contributed by atoms with Gasteiger partial charge in [0.2, 0.25) is 0 Å². The molecule has 0 aliphatic heterocycles. The number of likely N-dealkylation sites (N-methyl/N-ethyl adjacent to an activating group) is 1. The molecule has 0 saturated carbocycles. The molecule has 1 atom stereocenters. The second-order valence-electron chi connectivity index (χ2n) is 3.64. The maximum Gasteiger partial charge on any atom is 0.323 e. The van der Waals surface area contributed by atoms with E-state index in [2.05, 4.69) is 0 Å². The molecule has 1 aromatic rings. The van der Waals surface area contributed by atoms with Crippen LogP contribution in [0.5, 0.6) is 5.75 Å². The summed E-state index contributed by atoms with van der Waals surface area (Å²) in [6, 6.07) is 5.76. The van der Waals surface area contributed by atoms with Crippen molar-refractivity contribution in [3.05, 3.63) is 29.8 Å². The van der Waals surface area contributed by atoms with Crippen molar-refractivity contribution in [2.75, 3.05) is 13.7 Å². The lowest BCUT2D eigenvalue weighted by Gasteiger charge is -2.24. The molecule has 0 radical (unpaired) electrons. The van der Waals surface area contributed by atoms with Crippen molar-refractivity contribution in [2.24, 2.45) is 0 Å². The largest absolute Gasteiger partial charge is 0.508 e. The number of carboxylic acids is 1. The first kappa shape index (κ1) is 13.5. The van der Waals surface area contributed by atoms with Crippen LogP contribution in [0.15, 0.2) is 24.3 Å². The first-order valence-corrected chi connectivity index (χ1v) is 5.40. The molecular formula is C12H17NO4. The summed E-state index contributed by atoms with van der Waals surface area (Å²) in [7, 11) is 1.45. The minimum absolute atomic E-state index is 0.166. The second kappa shape index (κ2) is 6.22. The van der Waals surface area contributed by atoms with Gasteiger partial charge in [0.1, 0.15) is 11.8 Å². The van der Waals surface area contributed by atoms with Gasteiger partial charge in [-0.3, -0.25) is 4.79 Å². The number of phenolic OH excluding ortho intramolecular Hbond substituents is 1. The van der Waals surface area contributed by atoms with Gasteiger partial charge in [-0.15, -0.1) is 0 Å².